The van der Waals surface area contributed by atoms with Crippen LogP contribution in [0.2, 0.25) is 0 Å². The van der Waals surface area contributed by atoms with Gasteiger partial charge in [-0.25, -0.2) is 4.79 Å². The maximum atomic E-state index is 11.4. The van der Waals surface area contributed by atoms with Gasteiger partial charge in [0.1, 0.15) is 5.92 Å². The zero-order chi connectivity index (χ0) is 10.2. The molecule has 0 N–H and O–H groups in total. The Morgan fingerprint density at radius 3 is 1.71 bits per heavy atom. The van der Waals surface area contributed by atoms with Crippen LogP contribution in [0.1, 0.15) is 13.3 Å². The van der Waals surface area contributed by atoms with Crippen molar-refractivity contribution >= 4 is 17.8 Å². The minimum Gasteiger partial charge on any atom is -0.273 e. The van der Waals surface area contributed by atoms with Gasteiger partial charge >= 0.3 is 35.6 Å². The summed E-state index contributed by atoms with van der Waals surface area (Å²) in [5.74, 6) is -1.50. The molecule has 0 atom stereocenters. The number of hydrogen-bond donors (Lipinski definition) is 0. The normalized spacial score (nSPS) is 18.6. The van der Waals surface area contributed by atoms with Crippen LogP contribution in [0.4, 0.5) is 4.79 Å². The zero-order valence-corrected chi connectivity index (χ0v) is 10.9. The Bertz CT molecular complexity index is 256. The number of carbonyl (C=O) groups excluding carboxylic acids is 3. The molecule has 0 bridgehead atoms. The maximum Gasteiger partial charge on any atom is 1.00 e. The molecule has 1 rings (SSSR count). The predicted octanol–water partition coefficient (Wildman–Crippen LogP) is -2.93. The third-order valence-corrected chi connectivity index (χ3v) is 2.24. The molecule has 0 saturated carbocycles. The maximum absolute atomic E-state index is 11.4. The van der Waals surface area contributed by atoms with Gasteiger partial charge in [-0.15, -0.1) is 0 Å². The molecule has 0 spiro atoms. The molecule has 14 heavy (non-hydrogen) atoms. The number of carbonyl (C=O) groups is 3. The minimum absolute atomic E-state index is 0. The fourth-order valence-corrected chi connectivity index (χ4v) is 1.34. The second-order valence-electron chi connectivity index (χ2n) is 3.04. The molecular formula is C8H12N2NaO3+. The van der Waals surface area contributed by atoms with E-state index < -0.39 is 23.8 Å². The molecule has 0 aromatic rings. The van der Waals surface area contributed by atoms with Crippen molar-refractivity contribution in [2.45, 2.75) is 13.3 Å². The Balaban J connectivity index is 0.00000169. The van der Waals surface area contributed by atoms with E-state index in [4.69, 9.17) is 0 Å². The van der Waals surface area contributed by atoms with Crippen molar-refractivity contribution in [1.82, 2.24) is 9.80 Å². The molecule has 1 saturated heterocycles. The smallest absolute Gasteiger partial charge is 0.273 e. The molecule has 1 aliphatic rings. The molecule has 1 heterocycles. The van der Waals surface area contributed by atoms with Gasteiger partial charge in [-0.05, 0) is 6.42 Å². The van der Waals surface area contributed by atoms with E-state index in [-0.39, 0.29) is 29.6 Å². The van der Waals surface area contributed by atoms with Crippen molar-refractivity contribution < 1.29 is 43.9 Å². The van der Waals surface area contributed by atoms with Gasteiger partial charge in [-0.3, -0.25) is 19.4 Å². The van der Waals surface area contributed by atoms with Crippen LogP contribution in [-0.4, -0.2) is 41.7 Å². The number of imide groups is 2. The van der Waals surface area contributed by atoms with E-state index in [1.807, 2.05) is 0 Å². The Morgan fingerprint density at radius 2 is 1.43 bits per heavy atom. The van der Waals surface area contributed by atoms with Gasteiger partial charge in [0.05, 0.1) is 0 Å². The summed E-state index contributed by atoms with van der Waals surface area (Å²) in [6.07, 6.45) is 0.430. The Kier molecular flexibility index (Phi) is 4.77. The van der Waals surface area contributed by atoms with Crippen LogP contribution >= 0.6 is 0 Å². The van der Waals surface area contributed by atoms with Crippen molar-refractivity contribution in [3.05, 3.63) is 0 Å². The van der Waals surface area contributed by atoms with Crippen LogP contribution in [0.15, 0.2) is 0 Å². The van der Waals surface area contributed by atoms with E-state index in [9.17, 15) is 14.4 Å². The fourth-order valence-electron chi connectivity index (χ4n) is 1.34. The van der Waals surface area contributed by atoms with Gasteiger partial charge in [0.2, 0.25) is 11.8 Å². The van der Waals surface area contributed by atoms with Crippen LogP contribution < -0.4 is 29.6 Å². The quantitative estimate of drug-likeness (QED) is 0.341. The molecule has 4 amide bonds. The van der Waals surface area contributed by atoms with Crippen molar-refractivity contribution in [2.75, 3.05) is 14.1 Å². The molecule has 0 unspecified atom stereocenters. The van der Waals surface area contributed by atoms with Crippen molar-refractivity contribution in [1.29, 1.82) is 0 Å². The van der Waals surface area contributed by atoms with Gasteiger partial charge in [0.15, 0.2) is 0 Å². The molecule has 1 aliphatic heterocycles. The molecule has 0 aromatic carbocycles. The monoisotopic (exact) mass is 207 g/mol. The number of nitrogens with zero attached hydrogens (tertiary/aromatic N) is 2. The molecule has 0 aliphatic carbocycles. The fraction of sp³-hybridized carbons (Fsp3) is 0.625. The molecular weight excluding hydrogens is 195 g/mol. The van der Waals surface area contributed by atoms with Gasteiger partial charge in [-0.1, -0.05) is 6.92 Å². The largest absolute Gasteiger partial charge is 1.00 e. The van der Waals surface area contributed by atoms with Crippen LogP contribution in [0, 0.1) is 5.92 Å². The average molecular weight is 207 g/mol. The summed E-state index contributed by atoms with van der Waals surface area (Å²) < 4.78 is 0. The van der Waals surface area contributed by atoms with Crippen LogP contribution in [-0.2, 0) is 9.59 Å². The minimum atomic E-state index is -0.687. The Labute approximate surface area is 105 Å². The first-order valence-corrected chi connectivity index (χ1v) is 4.09. The second-order valence-corrected chi connectivity index (χ2v) is 3.04. The summed E-state index contributed by atoms with van der Waals surface area (Å²) in [6.45, 7) is 1.75. The first-order valence-electron chi connectivity index (χ1n) is 4.09. The number of barbiturate groups is 1. The van der Waals surface area contributed by atoms with Gasteiger partial charge < -0.3 is 0 Å². The molecule has 0 aromatic heterocycles. The zero-order valence-electron chi connectivity index (χ0n) is 8.90. The van der Waals surface area contributed by atoms with Crippen LogP contribution in [0.3, 0.4) is 0 Å². The van der Waals surface area contributed by atoms with Crippen LogP contribution in [0.5, 0.6) is 0 Å². The number of amides is 4. The van der Waals surface area contributed by atoms with E-state index in [0.717, 1.165) is 9.80 Å². The number of rotatable bonds is 1. The summed E-state index contributed by atoms with van der Waals surface area (Å²) in [4.78, 5) is 35.9. The van der Waals surface area contributed by atoms with Crippen molar-refractivity contribution in [3.8, 4) is 0 Å². The standard InChI is InChI=1S/C8H12N2O3.Na/c1-4-5-6(11)9(2)8(13)10(3)7(5)12;/h5H,4H2,1-3H3;/q;+1. The molecule has 5 nitrogen and oxygen atoms in total. The molecule has 6 heteroatoms. The van der Waals surface area contributed by atoms with E-state index >= 15 is 0 Å². The van der Waals surface area contributed by atoms with Crippen LogP contribution in [0.25, 0.3) is 0 Å². The summed E-state index contributed by atoms with van der Waals surface area (Å²) in [5.41, 5.74) is 0. The van der Waals surface area contributed by atoms with E-state index in [1.165, 1.54) is 14.1 Å². The predicted molar refractivity (Wildman–Crippen MR) is 44.7 cm³/mol. The first-order chi connectivity index (χ1) is 6.00. The topological polar surface area (TPSA) is 57.7 Å². The number of urea groups is 1. The second kappa shape index (κ2) is 4.91. The van der Waals surface area contributed by atoms with Gasteiger partial charge in [0.25, 0.3) is 0 Å². The Morgan fingerprint density at radius 1 is 1.07 bits per heavy atom. The van der Waals surface area contributed by atoms with Gasteiger partial charge in [-0.2, -0.15) is 0 Å². The van der Waals surface area contributed by atoms with E-state index in [2.05, 4.69) is 0 Å². The van der Waals surface area contributed by atoms with E-state index in [0.29, 0.717) is 6.42 Å². The molecule has 1 fully saturated rings. The summed E-state index contributed by atoms with van der Waals surface area (Å²) in [5, 5.41) is 0. The Hall–Kier alpha value is -0.390. The first kappa shape index (κ1) is 13.6. The van der Waals surface area contributed by atoms with E-state index in [1.54, 1.807) is 6.92 Å². The van der Waals surface area contributed by atoms with Gasteiger partial charge in [0, 0.05) is 14.1 Å². The summed E-state index contributed by atoms with van der Waals surface area (Å²) >= 11 is 0. The third-order valence-electron chi connectivity index (χ3n) is 2.24. The van der Waals surface area contributed by atoms with Crippen molar-refractivity contribution in [2.24, 2.45) is 5.92 Å². The summed E-state index contributed by atoms with van der Waals surface area (Å²) in [7, 11) is 2.77. The molecule has 72 valence electrons. The SMILES string of the molecule is CCC1C(=O)N(C)C(=O)N(C)C1=O.[Na+]. The third kappa shape index (κ3) is 1.99. The average Bonchev–Trinajstić information content (AvgIpc) is 2.13. The summed E-state index contributed by atoms with van der Waals surface area (Å²) in [6, 6.07) is -0.556. The van der Waals surface area contributed by atoms with Crippen molar-refractivity contribution in [3.63, 3.8) is 0 Å². The molecule has 0 radical (unpaired) electrons. The number of hydrogen-bond acceptors (Lipinski definition) is 3.